The maximum Gasteiger partial charge on any atom is 0.226 e. The highest BCUT2D eigenvalue weighted by atomic mass is 16.5. The third-order valence-electron chi connectivity index (χ3n) is 3.60. The summed E-state index contributed by atoms with van der Waals surface area (Å²) in [5.41, 5.74) is 0.932. The van der Waals surface area contributed by atoms with Gasteiger partial charge in [-0.2, -0.15) is 4.98 Å². The number of nitrogens with one attached hydrogen (secondary N) is 1. The Hall–Kier alpha value is -1.32. The molecule has 0 aromatic carbocycles. The molecule has 100 valence electrons. The fourth-order valence-electron chi connectivity index (χ4n) is 2.59. The van der Waals surface area contributed by atoms with E-state index in [0.717, 1.165) is 18.2 Å². The van der Waals surface area contributed by atoms with E-state index >= 15 is 0 Å². The van der Waals surface area contributed by atoms with Crippen LogP contribution in [0.1, 0.15) is 44.2 Å². The zero-order chi connectivity index (χ0) is 12.8. The lowest BCUT2D eigenvalue weighted by Gasteiger charge is -2.21. The molecule has 1 aliphatic carbocycles. The summed E-state index contributed by atoms with van der Waals surface area (Å²) in [5.74, 6) is 2.20. The Morgan fingerprint density at radius 1 is 1.28 bits per heavy atom. The molecule has 18 heavy (non-hydrogen) atoms. The molecule has 4 heteroatoms. The molecule has 1 fully saturated rings. The molecular formula is C14H23N3O. The van der Waals surface area contributed by atoms with Crippen LogP contribution < -0.4 is 10.1 Å². The molecule has 0 saturated heterocycles. The van der Waals surface area contributed by atoms with Crippen molar-refractivity contribution >= 4 is 5.95 Å². The van der Waals surface area contributed by atoms with Gasteiger partial charge in [0.2, 0.25) is 11.8 Å². The standard InChI is InChI=1S/C14H23N3O/c1-11-10-13(18-2)17-14(16-11)15-9-8-12-6-4-3-5-7-12/h10,12H,3-9H2,1-2H3,(H,15,16,17). The van der Waals surface area contributed by atoms with Crippen molar-refractivity contribution in [1.29, 1.82) is 0 Å². The largest absolute Gasteiger partial charge is 0.481 e. The number of aryl methyl sites for hydroxylation is 1. The number of hydrogen-bond donors (Lipinski definition) is 1. The minimum absolute atomic E-state index is 0.627. The van der Waals surface area contributed by atoms with E-state index < -0.39 is 0 Å². The third-order valence-corrected chi connectivity index (χ3v) is 3.60. The van der Waals surface area contributed by atoms with Crippen LogP contribution in [0.3, 0.4) is 0 Å². The first kappa shape index (κ1) is 13.1. The van der Waals surface area contributed by atoms with Gasteiger partial charge in [0.25, 0.3) is 0 Å². The summed E-state index contributed by atoms with van der Waals surface area (Å²) in [7, 11) is 1.63. The maximum absolute atomic E-state index is 5.14. The quantitative estimate of drug-likeness (QED) is 0.870. The van der Waals surface area contributed by atoms with Crippen LogP contribution in [-0.2, 0) is 0 Å². The Morgan fingerprint density at radius 2 is 2.06 bits per heavy atom. The van der Waals surface area contributed by atoms with Crippen molar-refractivity contribution in [2.75, 3.05) is 19.0 Å². The number of hydrogen-bond acceptors (Lipinski definition) is 4. The van der Waals surface area contributed by atoms with Gasteiger partial charge in [-0.25, -0.2) is 4.98 Å². The summed E-state index contributed by atoms with van der Waals surface area (Å²) in [6.07, 6.45) is 8.22. The summed E-state index contributed by atoms with van der Waals surface area (Å²) in [4.78, 5) is 8.65. The van der Waals surface area contributed by atoms with Crippen LogP contribution in [0.25, 0.3) is 0 Å². The molecule has 1 aromatic rings. The van der Waals surface area contributed by atoms with E-state index in [-0.39, 0.29) is 0 Å². The monoisotopic (exact) mass is 249 g/mol. The zero-order valence-electron chi connectivity index (χ0n) is 11.4. The highest BCUT2D eigenvalue weighted by Gasteiger charge is 2.12. The van der Waals surface area contributed by atoms with Gasteiger partial charge < -0.3 is 10.1 Å². The van der Waals surface area contributed by atoms with Crippen molar-refractivity contribution in [2.24, 2.45) is 5.92 Å². The smallest absolute Gasteiger partial charge is 0.226 e. The van der Waals surface area contributed by atoms with Gasteiger partial charge in [0.05, 0.1) is 7.11 Å². The van der Waals surface area contributed by atoms with Crippen LogP contribution in [0.5, 0.6) is 5.88 Å². The molecule has 0 atom stereocenters. The van der Waals surface area contributed by atoms with Gasteiger partial charge >= 0.3 is 0 Å². The maximum atomic E-state index is 5.14. The Labute approximate surface area is 109 Å². The topological polar surface area (TPSA) is 47.0 Å². The fraction of sp³-hybridized carbons (Fsp3) is 0.714. The second-order valence-electron chi connectivity index (χ2n) is 5.09. The molecule has 1 saturated carbocycles. The predicted molar refractivity (Wildman–Crippen MR) is 73.0 cm³/mol. The van der Waals surface area contributed by atoms with Crippen LogP contribution in [0.2, 0.25) is 0 Å². The van der Waals surface area contributed by atoms with E-state index in [1.54, 1.807) is 7.11 Å². The van der Waals surface area contributed by atoms with Crippen molar-refractivity contribution in [2.45, 2.75) is 45.4 Å². The Balaban J connectivity index is 1.80. The van der Waals surface area contributed by atoms with Crippen LogP contribution in [0, 0.1) is 12.8 Å². The first-order chi connectivity index (χ1) is 8.78. The van der Waals surface area contributed by atoms with Gasteiger partial charge in [0.1, 0.15) is 0 Å². The van der Waals surface area contributed by atoms with Crippen molar-refractivity contribution in [1.82, 2.24) is 9.97 Å². The van der Waals surface area contributed by atoms with E-state index in [1.165, 1.54) is 38.5 Å². The van der Waals surface area contributed by atoms with Crippen LogP contribution in [0.15, 0.2) is 6.07 Å². The molecule has 1 N–H and O–H groups in total. The van der Waals surface area contributed by atoms with Gasteiger partial charge in [-0.1, -0.05) is 32.1 Å². The van der Waals surface area contributed by atoms with Gasteiger partial charge in [0.15, 0.2) is 0 Å². The SMILES string of the molecule is COc1cc(C)nc(NCCC2CCCCC2)n1. The second-order valence-corrected chi connectivity index (χ2v) is 5.09. The average Bonchev–Trinajstić information content (AvgIpc) is 2.39. The molecule has 0 radical (unpaired) electrons. The number of anilines is 1. The molecule has 1 aliphatic rings. The van der Waals surface area contributed by atoms with Crippen molar-refractivity contribution < 1.29 is 4.74 Å². The molecule has 0 spiro atoms. The Morgan fingerprint density at radius 3 is 2.78 bits per heavy atom. The molecule has 0 aliphatic heterocycles. The first-order valence-corrected chi connectivity index (χ1v) is 6.91. The normalized spacial score (nSPS) is 16.6. The lowest BCUT2D eigenvalue weighted by atomic mass is 9.87. The van der Waals surface area contributed by atoms with Crippen LogP contribution in [-0.4, -0.2) is 23.6 Å². The van der Waals surface area contributed by atoms with Gasteiger partial charge in [-0.3, -0.25) is 0 Å². The number of methoxy groups -OCH3 is 1. The molecule has 0 bridgehead atoms. The average molecular weight is 249 g/mol. The molecule has 0 amide bonds. The van der Waals surface area contributed by atoms with Gasteiger partial charge in [-0.15, -0.1) is 0 Å². The summed E-state index contributed by atoms with van der Waals surface area (Å²) in [5, 5.41) is 3.31. The summed E-state index contributed by atoms with van der Waals surface area (Å²) >= 11 is 0. The number of rotatable bonds is 5. The predicted octanol–water partition coefficient (Wildman–Crippen LogP) is 3.18. The van der Waals surface area contributed by atoms with E-state index in [0.29, 0.717) is 11.8 Å². The van der Waals surface area contributed by atoms with Crippen molar-refractivity contribution in [3.8, 4) is 5.88 Å². The lowest BCUT2D eigenvalue weighted by Crippen LogP contribution is -2.13. The number of ether oxygens (including phenoxy) is 1. The highest BCUT2D eigenvalue weighted by Crippen LogP contribution is 2.26. The molecule has 1 aromatic heterocycles. The molecule has 4 nitrogen and oxygen atoms in total. The zero-order valence-corrected chi connectivity index (χ0v) is 11.4. The highest BCUT2D eigenvalue weighted by molar-refractivity contribution is 5.30. The van der Waals surface area contributed by atoms with E-state index in [9.17, 15) is 0 Å². The van der Waals surface area contributed by atoms with E-state index in [2.05, 4.69) is 15.3 Å². The van der Waals surface area contributed by atoms with Crippen LogP contribution >= 0.6 is 0 Å². The van der Waals surface area contributed by atoms with Crippen molar-refractivity contribution in [3.05, 3.63) is 11.8 Å². The summed E-state index contributed by atoms with van der Waals surface area (Å²) in [6.45, 7) is 2.91. The second kappa shape index (κ2) is 6.57. The molecule has 0 unspecified atom stereocenters. The number of nitrogens with zero attached hydrogens (tertiary/aromatic N) is 2. The van der Waals surface area contributed by atoms with E-state index in [4.69, 9.17) is 4.74 Å². The fourth-order valence-corrected chi connectivity index (χ4v) is 2.59. The minimum atomic E-state index is 0.627. The van der Waals surface area contributed by atoms with Crippen LogP contribution in [0.4, 0.5) is 5.95 Å². The first-order valence-electron chi connectivity index (χ1n) is 6.91. The molecule has 2 rings (SSSR count). The van der Waals surface area contributed by atoms with E-state index in [1.807, 2.05) is 13.0 Å². The summed E-state index contributed by atoms with van der Waals surface area (Å²) in [6, 6.07) is 1.84. The molecular weight excluding hydrogens is 226 g/mol. The third kappa shape index (κ3) is 3.86. The van der Waals surface area contributed by atoms with Gasteiger partial charge in [0, 0.05) is 18.3 Å². The Bertz CT molecular complexity index is 375. The minimum Gasteiger partial charge on any atom is -0.481 e. The van der Waals surface area contributed by atoms with Crippen molar-refractivity contribution in [3.63, 3.8) is 0 Å². The Kier molecular flexibility index (Phi) is 4.79. The molecule has 1 heterocycles. The lowest BCUT2D eigenvalue weighted by molar-refractivity contribution is 0.345. The number of aromatic nitrogens is 2. The summed E-state index contributed by atoms with van der Waals surface area (Å²) < 4.78 is 5.14. The van der Waals surface area contributed by atoms with Gasteiger partial charge in [-0.05, 0) is 19.3 Å².